The Morgan fingerprint density at radius 3 is 2.39 bits per heavy atom. The molecule has 0 aliphatic rings. The highest BCUT2D eigenvalue weighted by atomic mass is 35.5. The minimum Gasteiger partial charge on any atom is -0.331 e. The number of rotatable bonds is 2. The molecule has 18 heavy (non-hydrogen) atoms. The van der Waals surface area contributed by atoms with Crippen LogP contribution in [0.25, 0.3) is 11.0 Å². The molecule has 0 aliphatic carbocycles. The van der Waals surface area contributed by atoms with E-state index in [-0.39, 0.29) is 11.0 Å². The highest BCUT2D eigenvalue weighted by Gasteiger charge is 2.38. The third kappa shape index (κ3) is 1.91. The monoisotopic (exact) mass is 265 g/mol. The molecule has 0 unspecified atom stereocenters. The molecule has 1 aromatic heterocycles. The van der Waals surface area contributed by atoms with E-state index in [1.807, 2.05) is 39.1 Å². The first-order valence-electron chi connectivity index (χ1n) is 6.06. The predicted octanol–water partition coefficient (Wildman–Crippen LogP) is 3.24. The molecule has 0 atom stereocenters. The molecule has 0 saturated heterocycles. The maximum Gasteiger partial charge on any atom is 0.117 e. The summed E-state index contributed by atoms with van der Waals surface area (Å²) in [6.07, 6.45) is 0. The lowest BCUT2D eigenvalue weighted by molar-refractivity contribution is 0.286. The van der Waals surface area contributed by atoms with E-state index < -0.39 is 0 Å². The minimum atomic E-state index is -0.355. The van der Waals surface area contributed by atoms with Gasteiger partial charge in [-0.1, -0.05) is 25.4 Å². The summed E-state index contributed by atoms with van der Waals surface area (Å²) in [4.78, 5) is 4.72. The Kier molecular flexibility index (Phi) is 2.95. The van der Waals surface area contributed by atoms with Gasteiger partial charge in [0.2, 0.25) is 0 Å². The number of hydrogen-bond donors (Lipinski definition) is 1. The molecule has 0 radical (unpaired) electrons. The quantitative estimate of drug-likeness (QED) is 0.906. The largest absolute Gasteiger partial charge is 0.331 e. The van der Waals surface area contributed by atoms with Crippen molar-refractivity contribution in [1.29, 1.82) is 0 Å². The molecule has 0 fully saturated rings. The molecule has 0 amide bonds. The van der Waals surface area contributed by atoms with Crippen molar-refractivity contribution in [2.45, 2.75) is 38.6 Å². The maximum atomic E-state index is 6.29. The maximum absolute atomic E-state index is 6.29. The van der Waals surface area contributed by atoms with Crippen molar-refractivity contribution in [2.75, 3.05) is 0 Å². The van der Waals surface area contributed by atoms with Gasteiger partial charge in [0.25, 0.3) is 0 Å². The van der Waals surface area contributed by atoms with E-state index in [0.29, 0.717) is 0 Å². The zero-order valence-corrected chi connectivity index (χ0v) is 12.3. The molecule has 1 heterocycles. The van der Waals surface area contributed by atoms with Gasteiger partial charge in [-0.25, -0.2) is 4.98 Å². The van der Waals surface area contributed by atoms with Crippen LogP contribution in [0.5, 0.6) is 0 Å². The number of nitrogens with two attached hydrogens (primary N) is 1. The second kappa shape index (κ2) is 3.97. The lowest BCUT2D eigenvalue weighted by Gasteiger charge is -2.37. The second-order valence-electron chi connectivity index (χ2n) is 5.97. The SMILES string of the molecule is Cn1c(C(C)(C)C(C)(C)N)nc2ccc(Cl)cc21. The van der Waals surface area contributed by atoms with Crippen molar-refractivity contribution >= 4 is 22.6 Å². The number of aromatic nitrogens is 2. The van der Waals surface area contributed by atoms with Crippen LogP contribution in [0.2, 0.25) is 5.02 Å². The van der Waals surface area contributed by atoms with E-state index in [9.17, 15) is 0 Å². The Morgan fingerprint density at radius 2 is 1.83 bits per heavy atom. The predicted molar refractivity (Wildman–Crippen MR) is 77.0 cm³/mol. The molecule has 1 aromatic carbocycles. The van der Waals surface area contributed by atoms with Crippen molar-refractivity contribution in [3.8, 4) is 0 Å². The van der Waals surface area contributed by atoms with Crippen molar-refractivity contribution in [1.82, 2.24) is 9.55 Å². The van der Waals surface area contributed by atoms with Gasteiger partial charge in [0.05, 0.1) is 11.0 Å². The van der Waals surface area contributed by atoms with Crippen LogP contribution in [0.4, 0.5) is 0 Å². The van der Waals surface area contributed by atoms with Crippen molar-refractivity contribution in [2.24, 2.45) is 12.8 Å². The first-order valence-corrected chi connectivity index (χ1v) is 6.44. The van der Waals surface area contributed by atoms with Gasteiger partial charge in [-0.05, 0) is 32.0 Å². The average Bonchev–Trinajstić information content (AvgIpc) is 2.55. The second-order valence-corrected chi connectivity index (χ2v) is 6.41. The van der Waals surface area contributed by atoms with Gasteiger partial charge in [-0.3, -0.25) is 0 Å². The van der Waals surface area contributed by atoms with Crippen LogP contribution in [0.1, 0.15) is 33.5 Å². The summed E-state index contributed by atoms with van der Waals surface area (Å²) in [6, 6.07) is 5.75. The molecule has 0 aliphatic heterocycles. The van der Waals surface area contributed by atoms with E-state index in [1.165, 1.54) is 0 Å². The van der Waals surface area contributed by atoms with Crippen LogP contribution < -0.4 is 5.73 Å². The van der Waals surface area contributed by atoms with E-state index in [1.54, 1.807) is 0 Å². The lowest BCUT2D eigenvalue weighted by atomic mass is 9.74. The zero-order chi connectivity index (χ0) is 13.7. The van der Waals surface area contributed by atoms with Gasteiger partial charge >= 0.3 is 0 Å². The summed E-state index contributed by atoms with van der Waals surface area (Å²) in [6.45, 7) is 8.30. The van der Waals surface area contributed by atoms with Crippen LogP contribution in [0.3, 0.4) is 0 Å². The van der Waals surface area contributed by atoms with Gasteiger partial charge in [0, 0.05) is 23.0 Å². The summed E-state index contributed by atoms with van der Waals surface area (Å²) in [5, 5.41) is 0.724. The topological polar surface area (TPSA) is 43.8 Å². The summed E-state index contributed by atoms with van der Waals surface area (Å²) in [5.74, 6) is 0.979. The number of fused-ring (bicyclic) bond motifs is 1. The third-order valence-corrected chi connectivity index (χ3v) is 4.25. The molecule has 3 nitrogen and oxygen atoms in total. The molecule has 4 heteroatoms. The fourth-order valence-corrected chi connectivity index (χ4v) is 2.18. The Bertz CT molecular complexity index is 591. The van der Waals surface area contributed by atoms with E-state index >= 15 is 0 Å². The molecule has 2 aromatic rings. The van der Waals surface area contributed by atoms with Crippen molar-refractivity contribution in [3.63, 3.8) is 0 Å². The molecular weight excluding hydrogens is 246 g/mol. The normalized spacial score (nSPS) is 13.3. The number of halogens is 1. The van der Waals surface area contributed by atoms with Gasteiger partial charge in [0.15, 0.2) is 0 Å². The number of imidazole rings is 1. The fourth-order valence-electron chi connectivity index (χ4n) is 2.01. The summed E-state index contributed by atoms with van der Waals surface area (Å²) < 4.78 is 2.08. The smallest absolute Gasteiger partial charge is 0.117 e. The Morgan fingerprint density at radius 1 is 1.22 bits per heavy atom. The van der Waals surface area contributed by atoms with Crippen LogP contribution in [0, 0.1) is 0 Å². The van der Waals surface area contributed by atoms with E-state index in [4.69, 9.17) is 22.3 Å². The minimum absolute atomic E-state index is 0.229. The van der Waals surface area contributed by atoms with Crippen LogP contribution in [-0.4, -0.2) is 15.1 Å². The molecule has 98 valence electrons. The molecule has 2 rings (SSSR count). The van der Waals surface area contributed by atoms with Crippen molar-refractivity contribution in [3.05, 3.63) is 29.0 Å². The van der Waals surface area contributed by atoms with Gasteiger partial charge in [0.1, 0.15) is 5.82 Å². The van der Waals surface area contributed by atoms with Gasteiger partial charge in [-0.2, -0.15) is 0 Å². The average molecular weight is 266 g/mol. The van der Waals surface area contributed by atoms with Crippen LogP contribution >= 0.6 is 11.6 Å². The first kappa shape index (κ1) is 13.4. The lowest BCUT2D eigenvalue weighted by Crippen LogP contribution is -2.51. The number of nitrogens with zero attached hydrogens (tertiary/aromatic N) is 2. The molecule has 2 N–H and O–H groups in total. The fraction of sp³-hybridized carbons (Fsp3) is 0.500. The van der Waals surface area contributed by atoms with Crippen molar-refractivity contribution < 1.29 is 0 Å². The first-order chi connectivity index (χ1) is 8.14. The van der Waals surface area contributed by atoms with Crippen LogP contribution in [-0.2, 0) is 12.5 Å². The summed E-state index contributed by atoms with van der Waals surface area (Å²) in [5.41, 5.74) is 7.69. The van der Waals surface area contributed by atoms with Gasteiger partial charge < -0.3 is 10.3 Å². The number of benzene rings is 1. The van der Waals surface area contributed by atoms with E-state index in [2.05, 4.69) is 18.4 Å². The van der Waals surface area contributed by atoms with E-state index in [0.717, 1.165) is 21.9 Å². The molecule has 0 bridgehead atoms. The standard InChI is InChI=1S/C14H20ClN3/c1-13(2,14(3,4)16)12-17-10-7-6-9(15)8-11(10)18(12)5/h6-8H,16H2,1-5H3. The third-order valence-electron chi connectivity index (χ3n) is 4.01. The molecule has 0 saturated carbocycles. The Hall–Kier alpha value is -1.06. The number of aryl methyl sites for hydroxylation is 1. The molecular formula is C14H20ClN3. The summed E-state index contributed by atoms with van der Waals surface area (Å²) >= 11 is 6.04. The Balaban J connectivity index is 2.70. The number of hydrogen-bond acceptors (Lipinski definition) is 2. The summed E-state index contributed by atoms with van der Waals surface area (Å²) in [7, 11) is 2.01. The Labute approximate surface area is 113 Å². The highest BCUT2D eigenvalue weighted by molar-refractivity contribution is 6.31. The molecule has 0 spiro atoms. The van der Waals surface area contributed by atoms with Crippen LogP contribution in [0.15, 0.2) is 18.2 Å². The highest BCUT2D eigenvalue weighted by Crippen LogP contribution is 2.34. The zero-order valence-electron chi connectivity index (χ0n) is 11.6. The van der Waals surface area contributed by atoms with Gasteiger partial charge in [-0.15, -0.1) is 0 Å².